The number of aliphatic carboxylic acids is 1. The number of thioether (sulfide) groups is 1. The van der Waals surface area contributed by atoms with Crippen molar-refractivity contribution >= 4 is 46.3 Å². The van der Waals surface area contributed by atoms with Crippen LogP contribution < -0.4 is 9.84 Å². The number of aromatic hydroxyl groups is 1. The van der Waals surface area contributed by atoms with E-state index in [1.165, 1.54) is 18.1 Å². The van der Waals surface area contributed by atoms with Crippen molar-refractivity contribution in [3.63, 3.8) is 0 Å². The number of hydrogen-bond donors (Lipinski definition) is 1. The molecule has 2 rings (SSSR count). The maximum Gasteiger partial charge on any atom is 0.266 e. The van der Waals surface area contributed by atoms with Crippen molar-refractivity contribution < 1.29 is 24.5 Å². The highest BCUT2D eigenvalue weighted by Crippen LogP contribution is 2.34. The van der Waals surface area contributed by atoms with Crippen LogP contribution in [0.4, 0.5) is 0 Å². The summed E-state index contributed by atoms with van der Waals surface area (Å²) in [7, 11) is 1.45. The first-order chi connectivity index (χ1) is 10.9. The van der Waals surface area contributed by atoms with E-state index in [0.29, 0.717) is 20.5 Å². The van der Waals surface area contributed by atoms with E-state index < -0.39 is 5.97 Å². The number of phenolic OH excluding ortho intramolecular Hbond substituents is 1. The van der Waals surface area contributed by atoms with E-state index in [2.05, 4.69) is 0 Å². The van der Waals surface area contributed by atoms with Crippen LogP contribution in [-0.4, -0.2) is 39.9 Å². The fraction of sp³-hybridized carbons (Fsp3) is 0.267. The normalized spacial score (nSPS) is 16.2. The van der Waals surface area contributed by atoms with Crippen LogP contribution >= 0.6 is 24.0 Å². The Morgan fingerprint density at radius 3 is 2.87 bits per heavy atom. The summed E-state index contributed by atoms with van der Waals surface area (Å²) in [4.78, 5) is 24.5. The highest BCUT2D eigenvalue weighted by molar-refractivity contribution is 8.26. The van der Waals surface area contributed by atoms with Gasteiger partial charge in [0.05, 0.1) is 12.0 Å². The Hall–Kier alpha value is -2.06. The summed E-state index contributed by atoms with van der Waals surface area (Å²) in [5, 5.41) is 20.2. The third kappa shape index (κ3) is 4.23. The third-order valence-electron chi connectivity index (χ3n) is 3.14. The zero-order chi connectivity index (χ0) is 17.0. The van der Waals surface area contributed by atoms with Crippen molar-refractivity contribution in [2.24, 2.45) is 0 Å². The fourth-order valence-electron chi connectivity index (χ4n) is 2.02. The number of nitrogens with zero attached hydrogens (tertiary/aromatic N) is 1. The summed E-state index contributed by atoms with van der Waals surface area (Å²) in [6.07, 6.45) is 1.78. The summed E-state index contributed by atoms with van der Waals surface area (Å²) < 4.78 is 5.35. The first-order valence-corrected chi connectivity index (χ1v) is 7.97. The van der Waals surface area contributed by atoms with Gasteiger partial charge < -0.3 is 19.7 Å². The average Bonchev–Trinajstić information content (AvgIpc) is 2.74. The molecule has 1 aromatic carbocycles. The molecule has 1 N–H and O–H groups in total. The molecule has 0 radical (unpaired) electrons. The van der Waals surface area contributed by atoms with Crippen LogP contribution in [0.5, 0.6) is 11.5 Å². The summed E-state index contributed by atoms with van der Waals surface area (Å²) in [6, 6.07) is 4.80. The molecule has 0 aromatic heterocycles. The largest absolute Gasteiger partial charge is 0.550 e. The summed E-state index contributed by atoms with van der Waals surface area (Å²) in [6.45, 7) is 0.240. The molecule has 1 aliphatic heterocycles. The molecule has 0 bridgehead atoms. The van der Waals surface area contributed by atoms with E-state index in [-0.39, 0.29) is 31.0 Å². The van der Waals surface area contributed by atoms with Crippen LogP contribution in [0.1, 0.15) is 18.4 Å². The minimum absolute atomic E-state index is 0.0225. The summed E-state index contributed by atoms with van der Waals surface area (Å²) in [5.74, 6) is -1.10. The van der Waals surface area contributed by atoms with Gasteiger partial charge in [0.15, 0.2) is 11.5 Å². The van der Waals surface area contributed by atoms with Crippen molar-refractivity contribution in [1.29, 1.82) is 0 Å². The Labute approximate surface area is 142 Å². The molecule has 0 saturated carbocycles. The molecule has 0 spiro atoms. The number of phenols is 1. The number of carbonyl (C=O) groups excluding carboxylic acids is 2. The van der Waals surface area contributed by atoms with Crippen LogP contribution in [0.15, 0.2) is 23.1 Å². The van der Waals surface area contributed by atoms with E-state index in [4.69, 9.17) is 17.0 Å². The smallest absolute Gasteiger partial charge is 0.266 e. The van der Waals surface area contributed by atoms with Gasteiger partial charge in [-0.15, -0.1) is 0 Å². The molecule has 122 valence electrons. The second-order valence-corrected chi connectivity index (χ2v) is 6.42. The lowest BCUT2D eigenvalue weighted by molar-refractivity contribution is -0.305. The Morgan fingerprint density at radius 2 is 2.26 bits per heavy atom. The molecule has 1 aromatic rings. The molecule has 23 heavy (non-hydrogen) atoms. The van der Waals surface area contributed by atoms with Crippen LogP contribution in [0, 0.1) is 0 Å². The number of carbonyl (C=O) groups is 2. The molecule has 0 aliphatic carbocycles. The second kappa shape index (κ2) is 7.47. The van der Waals surface area contributed by atoms with Gasteiger partial charge in [0, 0.05) is 12.5 Å². The standard InChI is InChI=1S/C15H15NO5S2/c1-21-11-5-4-9(7-10(11)17)8-12-14(20)16(15(22)23-12)6-2-3-13(18)19/h4-5,7-8,17H,2-3,6H2,1H3,(H,18,19)/p-1/b12-8-. The van der Waals surface area contributed by atoms with Gasteiger partial charge in [-0.25, -0.2) is 0 Å². The van der Waals surface area contributed by atoms with E-state index in [1.54, 1.807) is 18.2 Å². The van der Waals surface area contributed by atoms with Gasteiger partial charge in [-0.1, -0.05) is 30.0 Å². The number of carboxylic acid groups (broad SMARTS) is 1. The zero-order valence-electron chi connectivity index (χ0n) is 12.3. The quantitative estimate of drug-likeness (QED) is 0.606. The highest BCUT2D eigenvalue weighted by atomic mass is 32.2. The minimum Gasteiger partial charge on any atom is -0.550 e. The maximum atomic E-state index is 12.3. The van der Waals surface area contributed by atoms with Crippen LogP contribution in [0.25, 0.3) is 6.08 Å². The lowest BCUT2D eigenvalue weighted by Crippen LogP contribution is -2.30. The predicted octanol–water partition coefficient (Wildman–Crippen LogP) is 1.13. The molecular weight excluding hydrogens is 338 g/mol. The minimum atomic E-state index is -1.15. The molecule has 6 nitrogen and oxygen atoms in total. The van der Waals surface area contributed by atoms with Gasteiger partial charge in [-0.05, 0) is 36.6 Å². The molecule has 1 aliphatic rings. The molecule has 1 saturated heterocycles. The molecule has 1 heterocycles. The topological polar surface area (TPSA) is 89.9 Å². The van der Waals surface area contributed by atoms with Crippen LogP contribution in [0.2, 0.25) is 0 Å². The number of rotatable bonds is 6. The molecule has 1 fully saturated rings. The number of carboxylic acids is 1. The first kappa shape index (κ1) is 17.3. The molecule has 8 heteroatoms. The van der Waals surface area contributed by atoms with Crippen molar-refractivity contribution in [2.45, 2.75) is 12.8 Å². The third-order valence-corrected chi connectivity index (χ3v) is 4.51. The van der Waals surface area contributed by atoms with Gasteiger partial charge in [-0.3, -0.25) is 9.69 Å². The van der Waals surface area contributed by atoms with Gasteiger partial charge in [0.25, 0.3) is 5.91 Å². The van der Waals surface area contributed by atoms with Gasteiger partial charge in [0.1, 0.15) is 4.32 Å². The van der Waals surface area contributed by atoms with Crippen molar-refractivity contribution in [3.05, 3.63) is 28.7 Å². The Bertz CT molecular complexity index is 686. The summed E-state index contributed by atoms with van der Waals surface area (Å²) in [5.41, 5.74) is 0.638. The molecular formula is C15H14NO5S2-. The van der Waals surface area contributed by atoms with E-state index >= 15 is 0 Å². The highest BCUT2D eigenvalue weighted by Gasteiger charge is 2.31. The molecule has 1 amide bonds. The van der Waals surface area contributed by atoms with Crippen molar-refractivity contribution in [3.8, 4) is 11.5 Å². The van der Waals surface area contributed by atoms with Crippen molar-refractivity contribution in [2.75, 3.05) is 13.7 Å². The number of ether oxygens (including phenoxy) is 1. The Balaban J connectivity index is 2.11. The number of amides is 1. The maximum absolute atomic E-state index is 12.3. The second-order valence-electron chi connectivity index (χ2n) is 4.74. The van der Waals surface area contributed by atoms with Gasteiger partial charge in [0.2, 0.25) is 0 Å². The number of thiocarbonyl (C=S) groups is 1. The predicted molar refractivity (Wildman–Crippen MR) is 88.8 cm³/mol. The lowest BCUT2D eigenvalue weighted by Gasteiger charge is -2.14. The monoisotopic (exact) mass is 352 g/mol. The van der Waals surface area contributed by atoms with Crippen LogP contribution in [0.3, 0.4) is 0 Å². The number of methoxy groups -OCH3 is 1. The Kier molecular flexibility index (Phi) is 5.62. The molecule has 0 atom stereocenters. The van der Waals surface area contributed by atoms with Gasteiger partial charge >= 0.3 is 0 Å². The molecule has 0 unspecified atom stereocenters. The van der Waals surface area contributed by atoms with Gasteiger partial charge in [-0.2, -0.15) is 0 Å². The number of benzene rings is 1. The zero-order valence-corrected chi connectivity index (χ0v) is 13.9. The van der Waals surface area contributed by atoms with E-state index in [0.717, 1.165) is 11.8 Å². The fourth-order valence-corrected chi connectivity index (χ4v) is 3.33. The lowest BCUT2D eigenvalue weighted by atomic mass is 10.2. The van der Waals surface area contributed by atoms with E-state index in [1.807, 2.05) is 0 Å². The Morgan fingerprint density at radius 1 is 1.52 bits per heavy atom. The number of hydrogen-bond acceptors (Lipinski definition) is 7. The average molecular weight is 352 g/mol. The van der Waals surface area contributed by atoms with Crippen molar-refractivity contribution in [1.82, 2.24) is 4.90 Å². The van der Waals surface area contributed by atoms with E-state index in [9.17, 15) is 19.8 Å². The van der Waals surface area contributed by atoms with Crippen LogP contribution in [-0.2, 0) is 9.59 Å². The summed E-state index contributed by atoms with van der Waals surface area (Å²) >= 11 is 6.29. The first-order valence-electron chi connectivity index (χ1n) is 6.74. The SMILES string of the molecule is COc1ccc(/C=C2\SC(=S)N(CCCC(=O)[O-])C2=O)cc1O.